The van der Waals surface area contributed by atoms with E-state index < -0.39 is 0 Å². The van der Waals surface area contributed by atoms with Gasteiger partial charge in [-0.2, -0.15) is 0 Å². The van der Waals surface area contributed by atoms with Gasteiger partial charge in [0.05, 0.1) is 6.61 Å². The van der Waals surface area contributed by atoms with Gasteiger partial charge in [-0.15, -0.1) is 17.9 Å². The molecule has 3 heteroatoms. The zero-order valence-electron chi connectivity index (χ0n) is 10.9. The van der Waals surface area contributed by atoms with Crippen molar-refractivity contribution in [2.24, 2.45) is 0 Å². The van der Waals surface area contributed by atoms with Crippen LogP contribution < -0.4 is 5.32 Å². The molecule has 96 valence electrons. The first-order chi connectivity index (χ1) is 8.27. The SMILES string of the molecule is C=CCCCOCc1cc(CNCC)sc1C. The van der Waals surface area contributed by atoms with Gasteiger partial charge in [0.25, 0.3) is 0 Å². The number of thiophene rings is 1. The summed E-state index contributed by atoms with van der Waals surface area (Å²) >= 11 is 1.86. The molecule has 0 amide bonds. The largest absolute Gasteiger partial charge is 0.377 e. The van der Waals surface area contributed by atoms with Crippen molar-refractivity contribution in [3.63, 3.8) is 0 Å². The van der Waals surface area contributed by atoms with E-state index in [0.29, 0.717) is 0 Å². The van der Waals surface area contributed by atoms with Gasteiger partial charge in [0.1, 0.15) is 0 Å². The molecule has 2 nitrogen and oxygen atoms in total. The van der Waals surface area contributed by atoms with Crippen molar-refractivity contribution in [2.75, 3.05) is 13.2 Å². The second-order valence-electron chi connectivity index (χ2n) is 4.06. The minimum Gasteiger partial charge on any atom is -0.377 e. The molecule has 0 spiro atoms. The third-order valence-corrected chi connectivity index (χ3v) is 3.67. The van der Waals surface area contributed by atoms with E-state index in [1.807, 2.05) is 17.4 Å². The molecule has 1 heterocycles. The van der Waals surface area contributed by atoms with Crippen LogP contribution in [0.1, 0.15) is 35.1 Å². The minimum absolute atomic E-state index is 0.742. The number of aryl methyl sites for hydroxylation is 1. The van der Waals surface area contributed by atoms with E-state index in [9.17, 15) is 0 Å². The van der Waals surface area contributed by atoms with Gasteiger partial charge >= 0.3 is 0 Å². The van der Waals surface area contributed by atoms with Crippen LogP contribution in [-0.2, 0) is 17.9 Å². The van der Waals surface area contributed by atoms with Gasteiger partial charge in [-0.25, -0.2) is 0 Å². The third kappa shape index (κ3) is 5.48. The quantitative estimate of drug-likeness (QED) is 0.536. The van der Waals surface area contributed by atoms with Crippen molar-refractivity contribution in [1.82, 2.24) is 5.32 Å². The van der Waals surface area contributed by atoms with E-state index in [2.05, 4.69) is 31.8 Å². The molecule has 0 radical (unpaired) electrons. The van der Waals surface area contributed by atoms with Crippen LogP contribution in [0.25, 0.3) is 0 Å². The topological polar surface area (TPSA) is 21.3 Å². The molecule has 0 atom stereocenters. The van der Waals surface area contributed by atoms with Crippen LogP contribution in [0.2, 0.25) is 0 Å². The Bertz CT molecular complexity index is 333. The average Bonchev–Trinajstić information content (AvgIpc) is 2.67. The molecule has 0 saturated carbocycles. The lowest BCUT2D eigenvalue weighted by Gasteiger charge is -2.02. The molecular formula is C14H23NOS. The highest BCUT2D eigenvalue weighted by molar-refractivity contribution is 7.12. The van der Waals surface area contributed by atoms with Gasteiger partial charge < -0.3 is 10.1 Å². The lowest BCUT2D eigenvalue weighted by atomic mass is 10.2. The molecule has 0 fully saturated rings. The summed E-state index contributed by atoms with van der Waals surface area (Å²) in [5.74, 6) is 0. The highest BCUT2D eigenvalue weighted by Gasteiger charge is 2.05. The number of allylic oxidation sites excluding steroid dienone is 1. The van der Waals surface area contributed by atoms with E-state index >= 15 is 0 Å². The fourth-order valence-corrected chi connectivity index (χ4v) is 2.60. The first-order valence-corrected chi connectivity index (χ1v) is 7.07. The summed E-state index contributed by atoms with van der Waals surface area (Å²) in [6, 6.07) is 2.26. The molecule has 0 aromatic carbocycles. The van der Waals surface area contributed by atoms with Crippen molar-refractivity contribution < 1.29 is 4.74 Å². The van der Waals surface area contributed by atoms with Crippen LogP contribution in [-0.4, -0.2) is 13.2 Å². The van der Waals surface area contributed by atoms with Crippen molar-refractivity contribution in [1.29, 1.82) is 0 Å². The first kappa shape index (κ1) is 14.4. The van der Waals surface area contributed by atoms with Crippen molar-refractivity contribution >= 4 is 11.3 Å². The van der Waals surface area contributed by atoms with Gasteiger partial charge in [0.15, 0.2) is 0 Å². The molecule has 0 aliphatic heterocycles. The Kier molecular flexibility index (Phi) is 7.17. The van der Waals surface area contributed by atoms with Crippen molar-refractivity contribution in [3.05, 3.63) is 34.0 Å². The second kappa shape index (κ2) is 8.45. The summed E-state index contributed by atoms with van der Waals surface area (Å²) in [5, 5.41) is 3.35. The van der Waals surface area contributed by atoms with Crippen LogP contribution >= 0.6 is 11.3 Å². The zero-order valence-corrected chi connectivity index (χ0v) is 11.7. The average molecular weight is 253 g/mol. The Morgan fingerprint density at radius 1 is 1.53 bits per heavy atom. The van der Waals surface area contributed by atoms with Crippen LogP contribution in [0.15, 0.2) is 18.7 Å². The molecule has 1 aromatic rings. The second-order valence-corrected chi connectivity index (χ2v) is 5.40. The lowest BCUT2D eigenvalue weighted by molar-refractivity contribution is 0.119. The Balaban J connectivity index is 2.32. The van der Waals surface area contributed by atoms with Crippen LogP contribution in [0.3, 0.4) is 0 Å². The number of hydrogen-bond donors (Lipinski definition) is 1. The summed E-state index contributed by atoms with van der Waals surface area (Å²) in [6.45, 7) is 11.6. The van der Waals surface area contributed by atoms with Gasteiger partial charge in [0, 0.05) is 22.9 Å². The van der Waals surface area contributed by atoms with Gasteiger partial charge in [-0.3, -0.25) is 0 Å². The minimum atomic E-state index is 0.742. The normalized spacial score (nSPS) is 10.7. The maximum atomic E-state index is 5.66. The summed E-state index contributed by atoms with van der Waals surface area (Å²) in [5.41, 5.74) is 1.33. The molecule has 0 aliphatic rings. The van der Waals surface area contributed by atoms with Crippen LogP contribution in [0.5, 0.6) is 0 Å². The van der Waals surface area contributed by atoms with E-state index in [4.69, 9.17) is 4.74 Å². The van der Waals surface area contributed by atoms with E-state index in [0.717, 1.165) is 39.1 Å². The zero-order chi connectivity index (χ0) is 12.5. The highest BCUT2D eigenvalue weighted by Crippen LogP contribution is 2.22. The molecule has 1 rings (SSSR count). The Morgan fingerprint density at radius 3 is 3.06 bits per heavy atom. The number of ether oxygens (including phenoxy) is 1. The van der Waals surface area contributed by atoms with Gasteiger partial charge in [0.2, 0.25) is 0 Å². The first-order valence-electron chi connectivity index (χ1n) is 6.25. The summed E-state index contributed by atoms with van der Waals surface area (Å²) in [4.78, 5) is 2.77. The van der Waals surface area contributed by atoms with Crippen molar-refractivity contribution in [3.8, 4) is 0 Å². The highest BCUT2D eigenvalue weighted by atomic mass is 32.1. The molecular weight excluding hydrogens is 230 g/mol. The number of rotatable bonds is 9. The third-order valence-electron chi connectivity index (χ3n) is 2.58. The van der Waals surface area contributed by atoms with E-state index in [1.165, 1.54) is 15.3 Å². The Labute approximate surface area is 109 Å². The van der Waals surface area contributed by atoms with Gasteiger partial charge in [-0.1, -0.05) is 13.0 Å². The predicted molar refractivity (Wildman–Crippen MR) is 75.5 cm³/mol. The van der Waals surface area contributed by atoms with Crippen LogP contribution in [0, 0.1) is 6.92 Å². The summed E-state index contributed by atoms with van der Waals surface area (Å²) < 4.78 is 5.66. The smallest absolute Gasteiger partial charge is 0.0727 e. The summed E-state index contributed by atoms with van der Waals surface area (Å²) in [6.07, 6.45) is 4.04. The van der Waals surface area contributed by atoms with E-state index in [1.54, 1.807) is 0 Å². The molecule has 0 bridgehead atoms. The fourth-order valence-electron chi connectivity index (χ4n) is 1.58. The lowest BCUT2D eigenvalue weighted by Crippen LogP contribution is -2.10. The molecule has 1 N–H and O–H groups in total. The standard InChI is InChI=1S/C14H23NOS/c1-4-6-7-8-16-11-13-9-14(10-15-5-2)17-12(13)3/h4,9,15H,1,5-8,10-11H2,2-3H3. The van der Waals surface area contributed by atoms with E-state index in [-0.39, 0.29) is 0 Å². The maximum absolute atomic E-state index is 5.66. The van der Waals surface area contributed by atoms with Crippen LogP contribution in [0.4, 0.5) is 0 Å². The number of unbranched alkanes of at least 4 members (excludes halogenated alkanes) is 1. The number of hydrogen-bond acceptors (Lipinski definition) is 3. The maximum Gasteiger partial charge on any atom is 0.0727 e. The van der Waals surface area contributed by atoms with Gasteiger partial charge in [-0.05, 0) is 37.9 Å². The fraction of sp³-hybridized carbons (Fsp3) is 0.571. The Hall–Kier alpha value is -0.640. The summed E-state index contributed by atoms with van der Waals surface area (Å²) in [7, 11) is 0. The molecule has 0 aliphatic carbocycles. The van der Waals surface area contributed by atoms with Crippen molar-refractivity contribution in [2.45, 2.75) is 39.8 Å². The number of nitrogens with one attached hydrogen (secondary N) is 1. The molecule has 0 saturated heterocycles. The molecule has 1 aromatic heterocycles. The Morgan fingerprint density at radius 2 is 2.35 bits per heavy atom. The predicted octanol–water partition coefficient (Wildman–Crippen LogP) is 3.65. The monoisotopic (exact) mass is 253 g/mol. The molecule has 0 unspecified atom stereocenters. The molecule has 17 heavy (non-hydrogen) atoms.